The van der Waals surface area contributed by atoms with Crippen LogP contribution in [0, 0.1) is 0 Å². The largest absolute Gasteiger partial charge is 0.383 e. The first kappa shape index (κ1) is 22.4. The quantitative estimate of drug-likeness (QED) is 0.278. The van der Waals surface area contributed by atoms with Crippen LogP contribution in [0.3, 0.4) is 0 Å². The highest BCUT2D eigenvalue weighted by atomic mass is 32.2. The highest BCUT2D eigenvalue weighted by molar-refractivity contribution is 7.89. The minimum absolute atomic E-state index is 0.229. The fourth-order valence-electron chi connectivity index (χ4n) is 2.12. The second-order valence-electron chi connectivity index (χ2n) is 5.44. The Morgan fingerprint density at radius 3 is 2.69 bits per heavy atom. The van der Waals surface area contributed by atoms with Crippen LogP contribution in [0.5, 0.6) is 0 Å². The molecule has 8 nitrogen and oxygen atoms in total. The number of methoxy groups -OCH3 is 1. The molecule has 1 aromatic carbocycles. The zero-order valence-corrected chi connectivity index (χ0v) is 16.6. The van der Waals surface area contributed by atoms with Crippen LogP contribution in [0.25, 0.3) is 0 Å². The van der Waals surface area contributed by atoms with Gasteiger partial charge >= 0.3 is 0 Å². The van der Waals surface area contributed by atoms with Gasteiger partial charge in [-0.1, -0.05) is 12.1 Å². The average Bonchev–Trinajstić information content (AvgIpc) is 2.64. The molecular formula is C17H30N4O4S. The summed E-state index contributed by atoms with van der Waals surface area (Å²) in [6.07, 6.45) is 0.884. The van der Waals surface area contributed by atoms with E-state index in [0.717, 1.165) is 18.5 Å². The summed E-state index contributed by atoms with van der Waals surface area (Å²) >= 11 is 0. The molecular weight excluding hydrogens is 356 g/mol. The van der Waals surface area contributed by atoms with Crippen LogP contribution in [-0.2, 0) is 26.0 Å². The SMILES string of the molecule is CCOCCCNC(=NC)NCc1cccc(S(=O)(=O)NCCOC)c1. The lowest BCUT2D eigenvalue weighted by atomic mass is 10.2. The van der Waals surface area contributed by atoms with Crippen molar-refractivity contribution in [3.05, 3.63) is 29.8 Å². The molecule has 0 aliphatic heterocycles. The van der Waals surface area contributed by atoms with Crippen molar-refractivity contribution in [2.24, 2.45) is 4.99 Å². The highest BCUT2D eigenvalue weighted by Gasteiger charge is 2.13. The lowest BCUT2D eigenvalue weighted by Gasteiger charge is -2.13. The van der Waals surface area contributed by atoms with Gasteiger partial charge in [0.25, 0.3) is 0 Å². The Balaban J connectivity index is 2.54. The number of benzene rings is 1. The van der Waals surface area contributed by atoms with E-state index < -0.39 is 10.0 Å². The molecule has 1 rings (SSSR count). The lowest BCUT2D eigenvalue weighted by Crippen LogP contribution is -2.37. The van der Waals surface area contributed by atoms with Gasteiger partial charge in [-0.05, 0) is 31.0 Å². The van der Waals surface area contributed by atoms with E-state index in [9.17, 15) is 8.42 Å². The number of rotatable bonds is 12. The Morgan fingerprint density at radius 2 is 2.00 bits per heavy atom. The molecule has 0 aromatic heterocycles. The normalized spacial score (nSPS) is 12.2. The van der Waals surface area contributed by atoms with Crippen molar-refractivity contribution >= 4 is 16.0 Å². The second kappa shape index (κ2) is 12.6. The average molecular weight is 387 g/mol. The summed E-state index contributed by atoms with van der Waals surface area (Å²) in [5.41, 5.74) is 0.844. The first-order valence-corrected chi connectivity index (χ1v) is 10.1. The van der Waals surface area contributed by atoms with E-state index in [4.69, 9.17) is 9.47 Å². The van der Waals surface area contributed by atoms with E-state index in [0.29, 0.717) is 32.3 Å². The predicted molar refractivity (Wildman–Crippen MR) is 103 cm³/mol. The molecule has 0 unspecified atom stereocenters. The van der Waals surface area contributed by atoms with E-state index in [1.54, 1.807) is 25.2 Å². The summed E-state index contributed by atoms with van der Waals surface area (Å²) < 4.78 is 37.1. The predicted octanol–water partition coefficient (Wildman–Crippen LogP) is 0.703. The highest BCUT2D eigenvalue weighted by Crippen LogP contribution is 2.11. The summed E-state index contributed by atoms with van der Waals surface area (Å²) in [4.78, 5) is 4.38. The minimum Gasteiger partial charge on any atom is -0.383 e. The molecule has 0 atom stereocenters. The van der Waals surface area contributed by atoms with E-state index in [-0.39, 0.29) is 11.4 Å². The Bertz CT molecular complexity index is 650. The fraction of sp³-hybridized carbons (Fsp3) is 0.588. The number of hydrogen-bond donors (Lipinski definition) is 3. The van der Waals surface area contributed by atoms with Crippen molar-refractivity contribution in [1.29, 1.82) is 0 Å². The van der Waals surface area contributed by atoms with Crippen molar-refractivity contribution in [2.75, 3.05) is 47.1 Å². The maximum absolute atomic E-state index is 12.2. The van der Waals surface area contributed by atoms with E-state index in [1.807, 2.05) is 13.0 Å². The van der Waals surface area contributed by atoms with Gasteiger partial charge in [-0.25, -0.2) is 13.1 Å². The summed E-state index contributed by atoms with van der Waals surface area (Å²) in [5.74, 6) is 0.660. The smallest absolute Gasteiger partial charge is 0.240 e. The van der Waals surface area contributed by atoms with E-state index in [1.165, 1.54) is 7.11 Å². The maximum atomic E-state index is 12.2. The summed E-state index contributed by atoms with van der Waals surface area (Å²) in [6, 6.07) is 6.80. The van der Waals surface area contributed by atoms with Crippen LogP contribution in [0.1, 0.15) is 18.9 Å². The van der Waals surface area contributed by atoms with Gasteiger partial charge in [0.15, 0.2) is 5.96 Å². The summed E-state index contributed by atoms with van der Waals surface area (Å²) in [6.45, 7) is 5.16. The molecule has 0 bridgehead atoms. The second-order valence-corrected chi connectivity index (χ2v) is 7.21. The molecule has 0 spiro atoms. The van der Waals surface area contributed by atoms with Crippen LogP contribution in [0.2, 0.25) is 0 Å². The van der Waals surface area contributed by atoms with Crippen LogP contribution in [0.15, 0.2) is 34.2 Å². The summed E-state index contributed by atoms with van der Waals surface area (Å²) in [7, 11) is -0.321. The number of sulfonamides is 1. The van der Waals surface area contributed by atoms with Gasteiger partial charge in [-0.15, -0.1) is 0 Å². The van der Waals surface area contributed by atoms with Gasteiger partial charge in [0.2, 0.25) is 10.0 Å². The van der Waals surface area contributed by atoms with Gasteiger partial charge in [0, 0.05) is 47.0 Å². The van der Waals surface area contributed by atoms with Gasteiger partial charge < -0.3 is 20.1 Å². The fourth-order valence-corrected chi connectivity index (χ4v) is 3.20. The first-order chi connectivity index (χ1) is 12.5. The number of guanidine groups is 1. The van der Waals surface area contributed by atoms with Crippen molar-refractivity contribution in [3.8, 4) is 0 Å². The topological polar surface area (TPSA) is 101 Å². The van der Waals surface area contributed by atoms with Crippen LogP contribution >= 0.6 is 0 Å². The lowest BCUT2D eigenvalue weighted by molar-refractivity contribution is 0.145. The molecule has 0 amide bonds. The molecule has 9 heteroatoms. The Kier molecular flexibility index (Phi) is 10.9. The zero-order valence-electron chi connectivity index (χ0n) is 15.7. The van der Waals surface area contributed by atoms with Gasteiger partial charge in [-0.3, -0.25) is 4.99 Å². The Labute approximate surface area is 156 Å². The number of nitrogens with zero attached hydrogens (tertiary/aromatic N) is 1. The molecule has 0 radical (unpaired) electrons. The van der Waals surface area contributed by atoms with Crippen molar-refractivity contribution in [2.45, 2.75) is 24.8 Å². The molecule has 26 heavy (non-hydrogen) atoms. The molecule has 1 aromatic rings. The number of nitrogens with one attached hydrogen (secondary N) is 3. The van der Waals surface area contributed by atoms with E-state index in [2.05, 4.69) is 20.3 Å². The number of hydrogen-bond acceptors (Lipinski definition) is 5. The molecule has 0 aliphatic carbocycles. The molecule has 0 aliphatic rings. The van der Waals surface area contributed by atoms with E-state index >= 15 is 0 Å². The van der Waals surface area contributed by atoms with Gasteiger partial charge in [-0.2, -0.15) is 0 Å². The van der Waals surface area contributed by atoms with Gasteiger partial charge in [0.1, 0.15) is 0 Å². The number of aliphatic imine (C=N–C) groups is 1. The van der Waals surface area contributed by atoms with Crippen molar-refractivity contribution < 1.29 is 17.9 Å². The third-order valence-corrected chi connectivity index (χ3v) is 4.91. The van der Waals surface area contributed by atoms with Gasteiger partial charge in [0.05, 0.1) is 11.5 Å². The zero-order chi connectivity index (χ0) is 19.3. The Hall–Kier alpha value is -1.68. The monoisotopic (exact) mass is 386 g/mol. The summed E-state index contributed by atoms with van der Waals surface area (Å²) in [5, 5.41) is 6.36. The molecule has 0 fully saturated rings. The third kappa shape index (κ3) is 8.61. The third-order valence-electron chi connectivity index (χ3n) is 3.45. The van der Waals surface area contributed by atoms with Crippen molar-refractivity contribution in [1.82, 2.24) is 15.4 Å². The minimum atomic E-state index is -3.54. The van der Waals surface area contributed by atoms with Crippen LogP contribution in [-0.4, -0.2) is 61.4 Å². The van der Waals surface area contributed by atoms with Crippen LogP contribution < -0.4 is 15.4 Å². The maximum Gasteiger partial charge on any atom is 0.240 e. The standard InChI is InChI=1S/C17H30N4O4S/c1-4-25-11-6-9-19-17(18-2)20-14-15-7-5-8-16(13-15)26(22,23)21-10-12-24-3/h5,7-8,13,21H,4,6,9-12,14H2,1-3H3,(H2,18,19,20). The molecule has 0 saturated carbocycles. The molecule has 0 heterocycles. The van der Waals surface area contributed by atoms with Crippen molar-refractivity contribution in [3.63, 3.8) is 0 Å². The number of ether oxygens (including phenoxy) is 2. The first-order valence-electron chi connectivity index (χ1n) is 8.63. The molecule has 3 N–H and O–H groups in total. The Morgan fingerprint density at radius 1 is 1.19 bits per heavy atom. The van der Waals surface area contributed by atoms with Crippen LogP contribution in [0.4, 0.5) is 0 Å². The molecule has 0 saturated heterocycles. The molecule has 148 valence electrons.